The quantitative estimate of drug-likeness (QED) is 0.781. The van der Waals surface area contributed by atoms with Crippen molar-refractivity contribution in [2.45, 2.75) is 25.8 Å². The summed E-state index contributed by atoms with van der Waals surface area (Å²) in [6.07, 6.45) is 1.72. The van der Waals surface area contributed by atoms with Crippen molar-refractivity contribution in [3.8, 4) is 0 Å². The van der Waals surface area contributed by atoms with Gasteiger partial charge in [0, 0.05) is 45.3 Å². The Bertz CT molecular complexity index is 232. The van der Waals surface area contributed by atoms with E-state index in [9.17, 15) is 4.79 Å². The van der Waals surface area contributed by atoms with Gasteiger partial charge in [-0.15, -0.1) is 12.4 Å². The van der Waals surface area contributed by atoms with E-state index in [-0.39, 0.29) is 12.4 Å². The molecule has 16 heavy (non-hydrogen) atoms. The van der Waals surface area contributed by atoms with Gasteiger partial charge in [-0.25, -0.2) is 0 Å². The molecule has 2 atom stereocenters. The molecule has 4 nitrogen and oxygen atoms in total. The molecule has 1 amide bonds. The standard InChI is InChI=1S/C11H20N2O2.ClH/c1-9-7-12-3-4-13(9)11(14)6-10-2-5-15-8-10;/h9-10,12H,2-8H2,1H3;1H/t9-,10?;/m0./s1. The van der Waals surface area contributed by atoms with E-state index in [1.807, 2.05) is 4.90 Å². The van der Waals surface area contributed by atoms with Crippen molar-refractivity contribution in [3.63, 3.8) is 0 Å². The van der Waals surface area contributed by atoms with Crippen LogP contribution >= 0.6 is 12.4 Å². The highest BCUT2D eigenvalue weighted by Gasteiger charge is 2.26. The second kappa shape index (κ2) is 6.42. The number of hydrogen-bond acceptors (Lipinski definition) is 3. The van der Waals surface area contributed by atoms with Crippen LogP contribution in [0.1, 0.15) is 19.8 Å². The Morgan fingerprint density at radius 2 is 2.38 bits per heavy atom. The van der Waals surface area contributed by atoms with E-state index < -0.39 is 0 Å². The van der Waals surface area contributed by atoms with E-state index in [4.69, 9.17) is 4.74 Å². The first kappa shape index (κ1) is 13.7. The Labute approximate surface area is 103 Å². The Morgan fingerprint density at radius 1 is 1.56 bits per heavy atom. The fourth-order valence-electron chi connectivity index (χ4n) is 2.32. The van der Waals surface area contributed by atoms with Crippen LogP contribution in [0.4, 0.5) is 0 Å². The molecule has 0 aromatic rings. The monoisotopic (exact) mass is 248 g/mol. The lowest BCUT2D eigenvalue weighted by Gasteiger charge is -2.34. The highest BCUT2D eigenvalue weighted by Crippen LogP contribution is 2.18. The number of carbonyl (C=O) groups excluding carboxylic acids is 1. The number of ether oxygens (including phenoxy) is 1. The molecule has 1 unspecified atom stereocenters. The first-order valence-electron chi connectivity index (χ1n) is 5.85. The number of rotatable bonds is 2. The van der Waals surface area contributed by atoms with Crippen LogP contribution in [-0.2, 0) is 9.53 Å². The van der Waals surface area contributed by atoms with Crippen molar-refractivity contribution in [2.75, 3.05) is 32.8 Å². The molecular weight excluding hydrogens is 228 g/mol. The third-order valence-corrected chi connectivity index (χ3v) is 3.31. The van der Waals surface area contributed by atoms with Crippen LogP contribution < -0.4 is 5.32 Å². The summed E-state index contributed by atoms with van der Waals surface area (Å²) in [7, 11) is 0. The summed E-state index contributed by atoms with van der Waals surface area (Å²) < 4.78 is 5.29. The minimum absolute atomic E-state index is 0. The predicted octanol–water partition coefficient (Wildman–Crippen LogP) is 0.655. The molecule has 2 fully saturated rings. The molecule has 0 aromatic heterocycles. The number of hydrogen-bond donors (Lipinski definition) is 1. The fourth-order valence-corrected chi connectivity index (χ4v) is 2.32. The van der Waals surface area contributed by atoms with Gasteiger partial charge in [-0.3, -0.25) is 4.79 Å². The molecule has 94 valence electrons. The number of piperazine rings is 1. The Kier molecular flexibility index (Phi) is 5.52. The van der Waals surface area contributed by atoms with Crippen LogP contribution in [0.25, 0.3) is 0 Å². The molecule has 0 aromatic carbocycles. The second-order valence-corrected chi connectivity index (χ2v) is 4.57. The SMILES string of the molecule is C[C@H]1CNCCN1C(=O)CC1CCOC1.Cl. The lowest BCUT2D eigenvalue weighted by atomic mass is 10.0. The smallest absolute Gasteiger partial charge is 0.223 e. The number of nitrogens with one attached hydrogen (secondary N) is 1. The molecule has 2 aliphatic heterocycles. The van der Waals surface area contributed by atoms with E-state index in [2.05, 4.69) is 12.2 Å². The average Bonchev–Trinajstić information content (AvgIpc) is 2.71. The van der Waals surface area contributed by atoms with Crippen molar-refractivity contribution in [1.82, 2.24) is 10.2 Å². The molecule has 2 rings (SSSR count). The summed E-state index contributed by atoms with van der Waals surface area (Å²) in [6, 6.07) is 0.341. The van der Waals surface area contributed by atoms with Gasteiger partial charge in [0.1, 0.15) is 0 Å². The number of amides is 1. The highest BCUT2D eigenvalue weighted by molar-refractivity contribution is 5.85. The topological polar surface area (TPSA) is 41.6 Å². The number of halogens is 1. The first-order valence-corrected chi connectivity index (χ1v) is 5.85. The zero-order valence-corrected chi connectivity index (χ0v) is 10.6. The van der Waals surface area contributed by atoms with Gasteiger partial charge < -0.3 is 15.0 Å². The normalized spacial score (nSPS) is 29.9. The maximum atomic E-state index is 12.0. The van der Waals surface area contributed by atoms with Crippen molar-refractivity contribution in [1.29, 1.82) is 0 Å². The highest BCUT2D eigenvalue weighted by atomic mass is 35.5. The maximum absolute atomic E-state index is 12.0. The molecule has 0 radical (unpaired) electrons. The lowest BCUT2D eigenvalue weighted by Crippen LogP contribution is -2.52. The van der Waals surface area contributed by atoms with E-state index in [0.717, 1.165) is 39.3 Å². The van der Waals surface area contributed by atoms with Gasteiger partial charge in [-0.05, 0) is 19.3 Å². The van der Waals surface area contributed by atoms with Gasteiger partial charge >= 0.3 is 0 Å². The summed E-state index contributed by atoms with van der Waals surface area (Å²) in [6.45, 7) is 6.41. The number of carbonyl (C=O) groups is 1. The van der Waals surface area contributed by atoms with Gasteiger partial charge in [0.15, 0.2) is 0 Å². The van der Waals surface area contributed by atoms with Crippen LogP contribution in [0, 0.1) is 5.92 Å². The average molecular weight is 249 g/mol. The molecule has 2 aliphatic rings. The van der Waals surface area contributed by atoms with Crippen molar-refractivity contribution >= 4 is 18.3 Å². The molecule has 5 heteroatoms. The second-order valence-electron chi connectivity index (χ2n) is 4.57. The Morgan fingerprint density at radius 3 is 3.00 bits per heavy atom. The zero-order valence-electron chi connectivity index (χ0n) is 9.78. The molecule has 2 saturated heterocycles. The summed E-state index contributed by atoms with van der Waals surface area (Å²) in [4.78, 5) is 14.0. The van der Waals surface area contributed by atoms with Crippen LogP contribution in [0.15, 0.2) is 0 Å². The minimum atomic E-state index is 0. The maximum Gasteiger partial charge on any atom is 0.223 e. The Balaban J connectivity index is 0.00000128. The van der Waals surface area contributed by atoms with Gasteiger partial charge in [0.25, 0.3) is 0 Å². The van der Waals surface area contributed by atoms with Crippen LogP contribution in [0.2, 0.25) is 0 Å². The molecule has 0 bridgehead atoms. The van der Waals surface area contributed by atoms with Crippen LogP contribution in [0.5, 0.6) is 0 Å². The van der Waals surface area contributed by atoms with E-state index in [1.165, 1.54) is 0 Å². The predicted molar refractivity (Wildman–Crippen MR) is 64.8 cm³/mol. The summed E-state index contributed by atoms with van der Waals surface area (Å²) >= 11 is 0. The fraction of sp³-hybridized carbons (Fsp3) is 0.909. The van der Waals surface area contributed by atoms with Crippen molar-refractivity contribution in [3.05, 3.63) is 0 Å². The van der Waals surface area contributed by atoms with Crippen LogP contribution in [0.3, 0.4) is 0 Å². The van der Waals surface area contributed by atoms with E-state index in [0.29, 0.717) is 24.3 Å². The third-order valence-electron chi connectivity index (χ3n) is 3.31. The molecule has 1 N–H and O–H groups in total. The summed E-state index contributed by atoms with van der Waals surface area (Å²) in [5.74, 6) is 0.763. The van der Waals surface area contributed by atoms with Gasteiger partial charge in [-0.2, -0.15) is 0 Å². The first-order chi connectivity index (χ1) is 7.27. The lowest BCUT2D eigenvalue weighted by molar-refractivity contribution is -0.135. The van der Waals surface area contributed by atoms with Crippen LogP contribution in [-0.4, -0.2) is 49.7 Å². The zero-order chi connectivity index (χ0) is 10.7. The molecule has 0 saturated carbocycles. The van der Waals surface area contributed by atoms with Crippen molar-refractivity contribution < 1.29 is 9.53 Å². The molecule has 0 aliphatic carbocycles. The minimum Gasteiger partial charge on any atom is -0.381 e. The number of nitrogens with zero attached hydrogens (tertiary/aromatic N) is 1. The van der Waals surface area contributed by atoms with E-state index >= 15 is 0 Å². The van der Waals surface area contributed by atoms with Crippen molar-refractivity contribution in [2.24, 2.45) is 5.92 Å². The summed E-state index contributed by atoms with van der Waals surface area (Å²) in [5, 5.41) is 3.29. The Hall–Kier alpha value is -0.320. The largest absolute Gasteiger partial charge is 0.381 e. The summed E-state index contributed by atoms with van der Waals surface area (Å²) in [5.41, 5.74) is 0. The van der Waals surface area contributed by atoms with Gasteiger partial charge in [0.2, 0.25) is 5.91 Å². The van der Waals surface area contributed by atoms with Gasteiger partial charge in [0.05, 0.1) is 0 Å². The van der Waals surface area contributed by atoms with Gasteiger partial charge in [-0.1, -0.05) is 0 Å². The molecule has 2 heterocycles. The molecule has 0 spiro atoms. The van der Waals surface area contributed by atoms with E-state index in [1.54, 1.807) is 0 Å². The third kappa shape index (κ3) is 3.34. The molecular formula is C11H21ClN2O2.